The fourth-order valence-corrected chi connectivity index (χ4v) is 2.88. The minimum atomic E-state index is -0.177. The van der Waals surface area contributed by atoms with E-state index in [9.17, 15) is 0 Å². The van der Waals surface area contributed by atoms with Gasteiger partial charge in [-0.05, 0) is 42.7 Å². The molecule has 0 amide bonds. The molecular weight excluding hydrogens is 314 g/mol. The molecule has 0 saturated carbocycles. The summed E-state index contributed by atoms with van der Waals surface area (Å²) in [6, 6.07) is 7.49. The summed E-state index contributed by atoms with van der Waals surface area (Å²) in [5, 5.41) is 4.69. The summed E-state index contributed by atoms with van der Waals surface area (Å²) in [5.41, 5.74) is 5.99. The van der Waals surface area contributed by atoms with Gasteiger partial charge in [0.05, 0.1) is 11.8 Å². The molecule has 2 aromatic rings. The molecule has 2 N–H and O–H groups in total. The van der Waals surface area contributed by atoms with Crippen LogP contribution in [0, 0.1) is 0 Å². The van der Waals surface area contributed by atoms with Crippen LogP contribution in [-0.2, 0) is 5.75 Å². The number of hydrogen-bond donors (Lipinski definition) is 1. The van der Waals surface area contributed by atoms with Crippen LogP contribution in [0.5, 0.6) is 0 Å². The number of aromatic nitrogens is 2. The molecule has 7 heteroatoms. The van der Waals surface area contributed by atoms with Gasteiger partial charge in [0.2, 0.25) is 5.89 Å². The Balaban J connectivity index is 1.87. The minimum absolute atomic E-state index is 0.177. The van der Waals surface area contributed by atoms with E-state index in [1.165, 1.54) is 0 Å². The monoisotopic (exact) mass is 329 g/mol. The average molecular weight is 330 g/mol. The Kier molecular flexibility index (Phi) is 6.22. The second-order valence-electron chi connectivity index (χ2n) is 4.18. The zero-order chi connectivity index (χ0) is 14.4. The molecule has 2 rings (SSSR count). The average Bonchev–Trinajstić information content (AvgIpc) is 2.93. The van der Waals surface area contributed by atoms with Crippen LogP contribution in [0.4, 0.5) is 0 Å². The van der Waals surface area contributed by atoms with E-state index in [-0.39, 0.29) is 6.04 Å². The molecule has 0 saturated heterocycles. The summed E-state index contributed by atoms with van der Waals surface area (Å²) >= 11 is 9.24. The van der Waals surface area contributed by atoms with Gasteiger partial charge in [-0.15, -0.1) is 11.8 Å². The molecule has 20 heavy (non-hydrogen) atoms. The van der Waals surface area contributed by atoms with E-state index in [1.807, 2.05) is 24.3 Å². The first kappa shape index (κ1) is 15.7. The molecule has 4 nitrogen and oxygen atoms in total. The lowest BCUT2D eigenvalue weighted by Gasteiger charge is -2.03. The van der Waals surface area contributed by atoms with E-state index in [0.29, 0.717) is 17.5 Å². The summed E-state index contributed by atoms with van der Waals surface area (Å²) < 4.78 is 5.20. The van der Waals surface area contributed by atoms with Crippen molar-refractivity contribution in [1.82, 2.24) is 10.1 Å². The molecule has 1 aromatic heterocycles. The molecule has 0 aliphatic rings. The standard InChI is InChI=1S/C13H16ClN3OS2/c1-19-7-6-11(15)13-16-12(17-18-13)8-20-10-4-2-9(14)3-5-10/h2-5,11H,6-8,15H2,1H3/t11-/m0/s1. The Morgan fingerprint density at radius 1 is 1.35 bits per heavy atom. The topological polar surface area (TPSA) is 64.9 Å². The second kappa shape index (κ2) is 7.93. The first-order valence-corrected chi connectivity index (χ1v) is 8.90. The third-order valence-corrected chi connectivity index (χ3v) is 4.52. The van der Waals surface area contributed by atoms with Crippen molar-refractivity contribution < 1.29 is 4.52 Å². The Hall–Kier alpha value is -0.690. The van der Waals surface area contributed by atoms with Gasteiger partial charge in [0.1, 0.15) is 0 Å². The Labute approximate surface area is 131 Å². The molecule has 0 bridgehead atoms. The largest absolute Gasteiger partial charge is 0.338 e. The molecule has 0 unspecified atom stereocenters. The first-order valence-electron chi connectivity index (χ1n) is 6.14. The normalized spacial score (nSPS) is 12.6. The SMILES string of the molecule is CSCC[C@H](N)c1nc(CSc2ccc(Cl)cc2)no1. The summed E-state index contributed by atoms with van der Waals surface area (Å²) in [7, 11) is 0. The third-order valence-electron chi connectivity index (χ3n) is 2.62. The number of thioether (sulfide) groups is 2. The van der Waals surface area contributed by atoms with Crippen LogP contribution in [0.1, 0.15) is 24.2 Å². The Morgan fingerprint density at radius 2 is 2.10 bits per heavy atom. The summed E-state index contributed by atoms with van der Waals surface area (Å²) in [6.45, 7) is 0. The maximum absolute atomic E-state index is 5.99. The van der Waals surface area contributed by atoms with Gasteiger partial charge in [0.25, 0.3) is 0 Å². The molecular formula is C13H16ClN3OS2. The van der Waals surface area contributed by atoms with Crippen molar-refractivity contribution in [2.75, 3.05) is 12.0 Å². The highest BCUT2D eigenvalue weighted by Gasteiger charge is 2.14. The van der Waals surface area contributed by atoms with Gasteiger partial charge in [-0.3, -0.25) is 0 Å². The zero-order valence-electron chi connectivity index (χ0n) is 11.1. The summed E-state index contributed by atoms with van der Waals surface area (Å²) in [5.74, 6) is 2.82. The number of hydrogen-bond acceptors (Lipinski definition) is 6. The van der Waals surface area contributed by atoms with E-state index in [2.05, 4.69) is 16.4 Å². The first-order chi connectivity index (χ1) is 9.69. The molecule has 0 aliphatic carbocycles. The quantitative estimate of drug-likeness (QED) is 0.780. The highest BCUT2D eigenvalue weighted by Crippen LogP contribution is 2.24. The van der Waals surface area contributed by atoms with E-state index in [4.69, 9.17) is 21.9 Å². The number of nitrogens with two attached hydrogens (primary N) is 1. The van der Waals surface area contributed by atoms with E-state index in [0.717, 1.165) is 22.1 Å². The highest BCUT2D eigenvalue weighted by atomic mass is 35.5. The molecule has 1 heterocycles. The van der Waals surface area contributed by atoms with Crippen LogP contribution in [0.2, 0.25) is 5.02 Å². The predicted octanol–water partition coefficient (Wildman–Crippen LogP) is 3.77. The van der Waals surface area contributed by atoms with Crippen LogP contribution < -0.4 is 5.73 Å². The van der Waals surface area contributed by atoms with Crippen molar-refractivity contribution in [3.63, 3.8) is 0 Å². The van der Waals surface area contributed by atoms with E-state index >= 15 is 0 Å². The van der Waals surface area contributed by atoms with Crippen LogP contribution in [0.3, 0.4) is 0 Å². The summed E-state index contributed by atoms with van der Waals surface area (Å²) in [6.07, 6.45) is 2.89. The third kappa shape index (κ3) is 4.70. The van der Waals surface area contributed by atoms with Crippen molar-refractivity contribution in [1.29, 1.82) is 0 Å². The molecule has 0 aliphatic heterocycles. The number of rotatable bonds is 7. The number of nitrogens with zero attached hydrogens (tertiary/aromatic N) is 2. The fraction of sp³-hybridized carbons (Fsp3) is 0.385. The van der Waals surface area contributed by atoms with Gasteiger partial charge in [-0.25, -0.2) is 0 Å². The van der Waals surface area contributed by atoms with Gasteiger partial charge >= 0.3 is 0 Å². The minimum Gasteiger partial charge on any atom is -0.338 e. The van der Waals surface area contributed by atoms with Gasteiger partial charge in [0, 0.05) is 9.92 Å². The van der Waals surface area contributed by atoms with Crippen molar-refractivity contribution in [2.24, 2.45) is 5.73 Å². The Morgan fingerprint density at radius 3 is 2.80 bits per heavy atom. The maximum atomic E-state index is 5.99. The van der Waals surface area contributed by atoms with Crippen LogP contribution in [-0.4, -0.2) is 22.1 Å². The predicted molar refractivity (Wildman–Crippen MR) is 85.2 cm³/mol. The van der Waals surface area contributed by atoms with Crippen molar-refractivity contribution in [3.8, 4) is 0 Å². The smallest absolute Gasteiger partial charge is 0.243 e. The number of benzene rings is 1. The van der Waals surface area contributed by atoms with Gasteiger partial charge in [0.15, 0.2) is 5.82 Å². The van der Waals surface area contributed by atoms with Crippen LogP contribution >= 0.6 is 35.1 Å². The van der Waals surface area contributed by atoms with Crippen molar-refractivity contribution in [3.05, 3.63) is 41.0 Å². The molecule has 0 fully saturated rings. The molecule has 108 valence electrons. The number of halogens is 1. The van der Waals surface area contributed by atoms with E-state index < -0.39 is 0 Å². The van der Waals surface area contributed by atoms with Crippen molar-refractivity contribution >= 4 is 35.1 Å². The molecule has 0 radical (unpaired) electrons. The lowest BCUT2D eigenvalue weighted by molar-refractivity contribution is 0.350. The second-order valence-corrected chi connectivity index (χ2v) is 6.65. The zero-order valence-corrected chi connectivity index (χ0v) is 13.5. The molecule has 1 aromatic carbocycles. The van der Waals surface area contributed by atoms with Crippen LogP contribution in [0.15, 0.2) is 33.7 Å². The maximum Gasteiger partial charge on any atom is 0.243 e. The lowest BCUT2D eigenvalue weighted by Crippen LogP contribution is -2.11. The molecule has 1 atom stereocenters. The fourth-order valence-electron chi connectivity index (χ4n) is 1.52. The van der Waals surface area contributed by atoms with E-state index in [1.54, 1.807) is 23.5 Å². The summed E-state index contributed by atoms with van der Waals surface area (Å²) in [4.78, 5) is 5.45. The Bertz CT molecular complexity index is 533. The van der Waals surface area contributed by atoms with Gasteiger partial charge < -0.3 is 10.3 Å². The molecule has 0 spiro atoms. The van der Waals surface area contributed by atoms with Crippen molar-refractivity contribution in [2.45, 2.75) is 23.1 Å². The highest BCUT2D eigenvalue weighted by molar-refractivity contribution is 7.98. The lowest BCUT2D eigenvalue weighted by atomic mass is 10.2. The van der Waals surface area contributed by atoms with Gasteiger partial charge in [-0.2, -0.15) is 16.7 Å². The van der Waals surface area contributed by atoms with Crippen LogP contribution in [0.25, 0.3) is 0 Å². The van der Waals surface area contributed by atoms with Gasteiger partial charge in [-0.1, -0.05) is 16.8 Å².